The van der Waals surface area contributed by atoms with Gasteiger partial charge in [-0.15, -0.1) is 0 Å². The molecule has 29 heavy (non-hydrogen) atoms. The van der Waals surface area contributed by atoms with Gasteiger partial charge in [-0.3, -0.25) is 15.6 Å². The predicted molar refractivity (Wildman–Crippen MR) is 111 cm³/mol. The van der Waals surface area contributed by atoms with Crippen molar-refractivity contribution in [2.75, 3.05) is 5.43 Å². The summed E-state index contributed by atoms with van der Waals surface area (Å²) in [4.78, 5) is 12.8. The number of carbonyl (C=O) groups is 1. The van der Waals surface area contributed by atoms with Crippen LogP contribution in [-0.4, -0.2) is 24.9 Å². The highest BCUT2D eigenvalue weighted by Gasteiger charge is 2.27. The summed E-state index contributed by atoms with van der Waals surface area (Å²) in [6, 6.07) is 19.8. The maximum atomic E-state index is 12.5. The fraction of sp³-hybridized carbons (Fsp3) is 0.190. The van der Waals surface area contributed by atoms with Crippen LogP contribution in [0.25, 0.3) is 0 Å². The van der Waals surface area contributed by atoms with E-state index in [4.69, 9.17) is 0 Å². The second-order valence-electron chi connectivity index (χ2n) is 7.01. The molecule has 1 saturated carbocycles. The number of nitrogens with one attached hydrogen (secondary N) is 3. The average Bonchev–Trinajstić information content (AvgIpc) is 3.41. The molecule has 4 rings (SSSR count). The number of hydrazine groups is 1. The lowest BCUT2D eigenvalue weighted by atomic mass is 10.2. The Hall–Kier alpha value is -3.10. The standard InChI is InChI=1S/C21H22N4O3S/c26-21(20-7-4-14-25(20)15-16-5-2-1-3-6-16)23-22-17-10-12-19(13-11-17)29(27,28)24-18-8-9-18/h1-7,10-14,18,22,24H,8-9,15H2,(H,23,26). The Bertz CT molecular complexity index is 1090. The molecule has 7 nitrogen and oxygen atoms in total. The maximum Gasteiger partial charge on any atom is 0.286 e. The van der Waals surface area contributed by atoms with E-state index < -0.39 is 10.0 Å². The van der Waals surface area contributed by atoms with Crippen LogP contribution in [-0.2, 0) is 16.6 Å². The minimum atomic E-state index is -3.48. The third kappa shape index (κ3) is 4.85. The Morgan fingerprint density at radius 1 is 0.966 bits per heavy atom. The van der Waals surface area contributed by atoms with Crippen LogP contribution in [0.4, 0.5) is 5.69 Å². The summed E-state index contributed by atoms with van der Waals surface area (Å²) in [6.07, 6.45) is 3.63. The van der Waals surface area contributed by atoms with Gasteiger partial charge in [-0.25, -0.2) is 13.1 Å². The summed E-state index contributed by atoms with van der Waals surface area (Å²) in [5.74, 6) is -0.280. The third-order valence-corrected chi connectivity index (χ3v) is 6.18. The van der Waals surface area contributed by atoms with Crippen LogP contribution < -0.4 is 15.6 Å². The summed E-state index contributed by atoms with van der Waals surface area (Å²) in [7, 11) is -3.48. The van der Waals surface area contributed by atoms with Crippen molar-refractivity contribution in [3.63, 3.8) is 0 Å². The fourth-order valence-corrected chi connectivity index (χ4v) is 4.24. The molecule has 0 aliphatic heterocycles. The second kappa shape index (κ2) is 8.10. The monoisotopic (exact) mass is 410 g/mol. The first-order valence-corrected chi connectivity index (χ1v) is 10.9. The van der Waals surface area contributed by atoms with E-state index in [1.54, 1.807) is 18.2 Å². The zero-order chi connectivity index (χ0) is 20.3. The lowest BCUT2D eigenvalue weighted by Gasteiger charge is -2.12. The van der Waals surface area contributed by atoms with Gasteiger partial charge < -0.3 is 4.57 Å². The van der Waals surface area contributed by atoms with Crippen molar-refractivity contribution in [1.82, 2.24) is 14.7 Å². The minimum Gasteiger partial charge on any atom is -0.339 e. The van der Waals surface area contributed by atoms with E-state index in [-0.39, 0.29) is 16.8 Å². The SMILES string of the molecule is O=C(NNc1ccc(S(=O)(=O)NC2CC2)cc1)c1cccn1Cc1ccccc1. The Morgan fingerprint density at radius 3 is 2.38 bits per heavy atom. The van der Waals surface area contributed by atoms with Crippen molar-refractivity contribution in [3.05, 3.63) is 84.2 Å². The lowest BCUT2D eigenvalue weighted by Crippen LogP contribution is -2.31. The molecule has 0 radical (unpaired) electrons. The van der Waals surface area contributed by atoms with Crippen molar-refractivity contribution in [2.24, 2.45) is 0 Å². The first kappa shape index (κ1) is 19.2. The number of sulfonamides is 1. The molecular formula is C21H22N4O3S. The number of rotatable bonds is 8. The molecular weight excluding hydrogens is 388 g/mol. The zero-order valence-electron chi connectivity index (χ0n) is 15.7. The summed E-state index contributed by atoms with van der Waals surface area (Å²) in [6.45, 7) is 0.594. The first-order valence-electron chi connectivity index (χ1n) is 9.39. The Labute approximate surface area is 169 Å². The van der Waals surface area contributed by atoms with Crippen molar-refractivity contribution >= 4 is 21.6 Å². The summed E-state index contributed by atoms with van der Waals surface area (Å²) >= 11 is 0. The molecule has 1 fully saturated rings. The van der Waals surface area contributed by atoms with E-state index in [9.17, 15) is 13.2 Å². The van der Waals surface area contributed by atoms with Gasteiger partial charge in [-0.05, 0) is 54.8 Å². The van der Waals surface area contributed by atoms with E-state index in [1.165, 1.54) is 12.1 Å². The molecule has 1 amide bonds. The van der Waals surface area contributed by atoms with Crippen LogP contribution in [0.5, 0.6) is 0 Å². The number of anilines is 1. The van der Waals surface area contributed by atoms with Crippen molar-refractivity contribution in [2.45, 2.75) is 30.3 Å². The molecule has 3 N–H and O–H groups in total. The smallest absolute Gasteiger partial charge is 0.286 e. The summed E-state index contributed by atoms with van der Waals surface area (Å²) < 4.78 is 28.9. The molecule has 1 aliphatic carbocycles. The van der Waals surface area contributed by atoms with E-state index in [0.717, 1.165) is 18.4 Å². The van der Waals surface area contributed by atoms with Gasteiger partial charge in [-0.1, -0.05) is 30.3 Å². The third-order valence-electron chi connectivity index (χ3n) is 4.64. The van der Waals surface area contributed by atoms with Gasteiger partial charge >= 0.3 is 0 Å². The number of benzene rings is 2. The molecule has 0 saturated heterocycles. The van der Waals surface area contributed by atoms with E-state index in [2.05, 4.69) is 15.6 Å². The van der Waals surface area contributed by atoms with Crippen molar-refractivity contribution in [1.29, 1.82) is 0 Å². The molecule has 3 aromatic rings. The van der Waals surface area contributed by atoms with Gasteiger partial charge in [0.05, 0.1) is 10.6 Å². The van der Waals surface area contributed by atoms with Gasteiger partial charge in [0, 0.05) is 18.8 Å². The molecule has 0 spiro atoms. The quantitative estimate of drug-likeness (QED) is 0.498. The van der Waals surface area contributed by atoms with Crippen molar-refractivity contribution < 1.29 is 13.2 Å². The molecule has 8 heteroatoms. The van der Waals surface area contributed by atoms with E-state index in [1.807, 2.05) is 47.2 Å². The van der Waals surface area contributed by atoms with Gasteiger partial charge in [0.1, 0.15) is 5.69 Å². The normalized spacial score (nSPS) is 13.8. The number of hydrogen-bond donors (Lipinski definition) is 3. The second-order valence-corrected chi connectivity index (χ2v) is 8.72. The van der Waals surface area contributed by atoms with Crippen LogP contribution in [0.3, 0.4) is 0 Å². The molecule has 0 bridgehead atoms. The zero-order valence-corrected chi connectivity index (χ0v) is 16.5. The lowest BCUT2D eigenvalue weighted by molar-refractivity contribution is 0.0954. The fourth-order valence-electron chi connectivity index (χ4n) is 2.94. The molecule has 2 aromatic carbocycles. The highest BCUT2D eigenvalue weighted by molar-refractivity contribution is 7.89. The molecule has 0 unspecified atom stereocenters. The highest BCUT2D eigenvalue weighted by atomic mass is 32.2. The molecule has 0 atom stereocenters. The topological polar surface area (TPSA) is 92.2 Å². The number of aromatic nitrogens is 1. The highest BCUT2D eigenvalue weighted by Crippen LogP contribution is 2.22. The minimum absolute atomic E-state index is 0.0595. The van der Waals surface area contributed by atoms with Gasteiger partial charge in [0.25, 0.3) is 5.91 Å². The van der Waals surface area contributed by atoms with Crippen LogP contribution >= 0.6 is 0 Å². The predicted octanol–water partition coefficient (Wildman–Crippen LogP) is 2.73. The first-order chi connectivity index (χ1) is 14.0. The van der Waals surface area contributed by atoms with E-state index in [0.29, 0.717) is 17.9 Å². The molecule has 1 heterocycles. The summed E-state index contributed by atoms with van der Waals surface area (Å²) in [5, 5.41) is 0. The number of nitrogens with zero attached hydrogens (tertiary/aromatic N) is 1. The number of carbonyl (C=O) groups excluding carboxylic acids is 1. The average molecular weight is 410 g/mol. The summed E-state index contributed by atoms with van der Waals surface area (Å²) in [5.41, 5.74) is 7.69. The van der Waals surface area contributed by atoms with Crippen LogP contribution in [0, 0.1) is 0 Å². The molecule has 1 aliphatic rings. The van der Waals surface area contributed by atoms with Crippen LogP contribution in [0.1, 0.15) is 28.9 Å². The van der Waals surface area contributed by atoms with Gasteiger partial charge in [-0.2, -0.15) is 0 Å². The molecule has 150 valence electrons. The number of amides is 1. The van der Waals surface area contributed by atoms with Crippen LogP contribution in [0.15, 0.2) is 77.8 Å². The molecule has 1 aromatic heterocycles. The van der Waals surface area contributed by atoms with E-state index >= 15 is 0 Å². The van der Waals surface area contributed by atoms with Crippen molar-refractivity contribution in [3.8, 4) is 0 Å². The van der Waals surface area contributed by atoms with Gasteiger partial charge in [0.2, 0.25) is 10.0 Å². The maximum absolute atomic E-state index is 12.5. The largest absolute Gasteiger partial charge is 0.339 e. The Morgan fingerprint density at radius 2 is 1.69 bits per heavy atom. The Kier molecular flexibility index (Phi) is 5.37. The van der Waals surface area contributed by atoms with Crippen LogP contribution in [0.2, 0.25) is 0 Å². The Balaban J connectivity index is 1.37. The number of hydrogen-bond acceptors (Lipinski definition) is 4. The van der Waals surface area contributed by atoms with Gasteiger partial charge in [0.15, 0.2) is 0 Å².